The van der Waals surface area contributed by atoms with Crippen molar-refractivity contribution < 1.29 is 4.39 Å². The van der Waals surface area contributed by atoms with Gasteiger partial charge in [0.05, 0.1) is 0 Å². The van der Waals surface area contributed by atoms with Crippen molar-refractivity contribution in [1.82, 2.24) is 10.6 Å². The number of aliphatic imine (C=N–C) groups is 1. The topological polar surface area (TPSA) is 36.4 Å². The van der Waals surface area contributed by atoms with E-state index in [1.54, 1.807) is 6.07 Å². The average Bonchev–Trinajstić information content (AvgIpc) is 2.38. The Morgan fingerprint density at radius 2 is 2.05 bits per heavy atom. The molecule has 0 atom stereocenters. The van der Waals surface area contributed by atoms with E-state index in [1.165, 1.54) is 12.1 Å². The maximum atomic E-state index is 12.9. The number of guanidine groups is 1. The summed E-state index contributed by atoms with van der Waals surface area (Å²) < 4.78 is 12.9. The normalized spacial score (nSPS) is 10.9. The van der Waals surface area contributed by atoms with E-state index in [-0.39, 0.29) is 29.8 Å². The fourth-order valence-electron chi connectivity index (χ4n) is 1.61. The Morgan fingerprint density at radius 1 is 1.30 bits per heavy atom. The van der Waals surface area contributed by atoms with Crippen LogP contribution < -0.4 is 10.6 Å². The molecular weight excluding hydrogens is 392 g/mol. The summed E-state index contributed by atoms with van der Waals surface area (Å²) in [4.78, 5) is 4.40. The van der Waals surface area contributed by atoms with Gasteiger partial charge in [0.2, 0.25) is 0 Å². The van der Waals surface area contributed by atoms with Crippen molar-refractivity contribution in [3.05, 3.63) is 34.6 Å². The van der Waals surface area contributed by atoms with Gasteiger partial charge in [0, 0.05) is 24.7 Å². The molecule has 6 heteroatoms. The number of nitrogens with zero attached hydrogens (tertiary/aromatic N) is 1. The smallest absolute Gasteiger partial charge is 0.191 e. The van der Waals surface area contributed by atoms with Crippen molar-refractivity contribution in [2.75, 3.05) is 19.6 Å². The first-order valence-electron chi connectivity index (χ1n) is 6.63. The molecule has 0 radical (unpaired) electrons. The van der Waals surface area contributed by atoms with Crippen molar-refractivity contribution in [2.24, 2.45) is 4.99 Å². The van der Waals surface area contributed by atoms with Crippen LogP contribution in [0.5, 0.6) is 0 Å². The molecule has 0 heterocycles. The van der Waals surface area contributed by atoms with Gasteiger partial charge in [-0.15, -0.1) is 24.0 Å². The van der Waals surface area contributed by atoms with E-state index in [4.69, 9.17) is 11.6 Å². The van der Waals surface area contributed by atoms with Crippen LogP contribution in [-0.4, -0.2) is 25.6 Å². The van der Waals surface area contributed by atoms with E-state index in [9.17, 15) is 4.39 Å². The molecule has 0 amide bonds. The van der Waals surface area contributed by atoms with Gasteiger partial charge in [-0.3, -0.25) is 4.99 Å². The second kappa shape index (κ2) is 11.1. The van der Waals surface area contributed by atoms with Crippen molar-refractivity contribution in [3.63, 3.8) is 0 Å². The molecule has 3 nitrogen and oxygen atoms in total. The summed E-state index contributed by atoms with van der Waals surface area (Å²) in [6, 6.07) is 4.49. The number of hydrogen-bond donors (Lipinski definition) is 2. The molecule has 1 rings (SSSR count). The molecule has 0 aromatic heterocycles. The molecule has 2 N–H and O–H groups in total. The van der Waals surface area contributed by atoms with E-state index in [2.05, 4.69) is 22.5 Å². The summed E-state index contributed by atoms with van der Waals surface area (Å²) in [5.74, 6) is 0.502. The predicted octanol–water partition coefficient (Wildman–Crippen LogP) is 3.60. The molecule has 0 saturated carbocycles. The third kappa shape index (κ3) is 7.28. The van der Waals surface area contributed by atoms with Crippen LogP contribution >= 0.6 is 35.6 Å². The van der Waals surface area contributed by atoms with Gasteiger partial charge in [-0.05, 0) is 37.5 Å². The largest absolute Gasteiger partial charge is 0.357 e. The molecule has 1 aromatic carbocycles. The Morgan fingerprint density at radius 3 is 2.65 bits per heavy atom. The summed E-state index contributed by atoms with van der Waals surface area (Å²) in [6.07, 6.45) is 1.75. The van der Waals surface area contributed by atoms with Crippen LogP contribution in [0.15, 0.2) is 23.2 Å². The number of rotatable bonds is 6. The molecule has 20 heavy (non-hydrogen) atoms. The van der Waals surface area contributed by atoms with Crippen LogP contribution in [0.2, 0.25) is 5.02 Å². The van der Waals surface area contributed by atoms with Crippen molar-refractivity contribution in [2.45, 2.75) is 26.7 Å². The molecule has 0 aliphatic rings. The Labute approximate surface area is 142 Å². The highest BCUT2D eigenvalue weighted by Gasteiger charge is 2.02. The minimum atomic E-state index is -0.306. The summed E-state index contributed by atoms with van der Waals surface area (Å²) in [5, 5.41) is 6.88. The Hall–Kier alpha value is -0.560. The monoisotopic (exact) mass is 413 g/mol. The zero-order valence-electron chi connectivity index (χ0n) is 11.9. The molecule has 114 valence electrons. The molecule has 0 saturated heterocycles. The van der Waals surface area contributed by atoms with E-state index in [0.717, 1.165) is 37.5 Å². The first-order valence-corrected chi connectivity index (χ1v) is 7.01. The van der Waals surface area contributed by atoms with Crippen LogP contribution in [0.25, 0.3) is 0 Å². The molecule has 0 bridgehead atoms. The summed E-state index contributed by atoms with van der Waals surface area (Å²) in [7, 11) is 0. The number of benzene rings is 1. The zero-order chi connectivity index (χ0) is 14.1. The van der Waals surface area contributed by atoms with E-state index in [0.29, 0.717) is 11.6 Å². The lowest BCUT2D eigenvalue weighted by Gasteiger charge is -2.11. The van der Waals surface area contributed by atoms with Gasteiger partial charge in [0.1, 0.15) is 5.82 Å². The highest BCUT2D eigenvalue weighted by Crippen LogP contribution is 2.17. The second-order valence-electron chi connectivity index (χ2n) is 4.17. The lowest BCUT2D eigenvalue weighted by Crippen LogP contribution is -2.38. The molecule has 1 aromatic rings. The first kappa shape index (κ1) is 19.4. The first-order chi connectivity index (χ1) is 9.17. The molecule has 0 aliphatic carbocycles. The van der Waals surface area contributed by atoms with Crippen LogP contribution in [0.3, 0.4) is 0 Å². The average molecular weight is 414 g/mol. The van der Waals surface area contributed by atoms with Gasteiger partial charge in [0.15, 0.2) is 5.96 Å². The van der Waals surface area contributed by atoms with Crippen LogP contribution in [0, 0.1) is 5.82 Å². The number of halogens is 3. The van der Waals surface area contributed by atoms with Crippen LogP contribution in [0.1, 0.15) is 25.8 Å². The quantitative estimate of drug-likeness (QED) is 0.425. The Bertz CT molecular complexity index is 427. The molecular formula is C14H22ClFIN3. The maximum Gasteiger partial charge on any atom is 0.191 e. The van der Waals surface area contributed by atoms with Crippen molar-refractivity contribution in [3.8, 4) is 0 Å². The summed E-state index contributed by atoms with van der Waals surface area (Å²) in [6.45, 7) is 6.45. The molecule has 0 fully saturated rings. The maximum absolute atomic E-state index is 12.9. The van der Waals surface area contributed by atoms with Gasteiger partial charge in [-0.25, -0.2) is 4.39 Å². The zero-order valence-corrected chi connectivity index (χ0v) is 15.0. The van der Waals surface area contributed by atoms with Gasteiger partial charge < -0.3 is 10.6 Å². The van der Waals surface area contributed by atoms with Crippen LogP contribution in [0.4, 0.5) is 4.39 Å². The highest BCUT2D eigenvalue weighted by molar-refractivity contribution is 14.0. The van der Waals surface area contributed by atoms with E-state index in [1.807, 2.05) is 6.92 Å². The number of hydrogen-bond acceptors (Lipinski definition) is 1. The Balaban J connectivity index is 0.00000361. The predicted molar refractivity (Wildman–Crippen MR) is 94.8 cm³/mol. The number of nitrogens with one attached hydrogen (secondary N) is 2. The molecule has 0 spiro atoms. The van der Waals surface area contributed by atoms with Crippen molar-refractivity contribution >= 4 is 41.5 Å². The Kier molecular flexibility index (Phi) is 10.8. The lowest BCUT2D eigenvalue weighted by molar-refractivity contribution is 0.627. The van der Waals surface area contributed by atoms with Gasteiger partial charge in [0.25, 0.3) is 0 Å². The minimum Gasteiger partial charge on any atom is -0.357 e. The van der Waals surface area contributed by atoms with Gasteiger partial charge in [-0.2, -0.15) is 0 Å². The fraction of sp³-hybridized carbons (Fsp3) is 0.500. The van der Waals surface area contributed by atoms with Crippen molar-refractivity contribution in [1.29, 1.82) is 0 Å². The van der Waals surface area contributed by atoms with E-state index >= 15 is 0 Å². The summed E-state index contributed by atoms with van der Waals surface area (Å²) in [5.41, 5.74) is 0.932. The lowest BCUT2D eigenvalue weighted by atomic mass is 10.1. The van der Waals surface area contributed by atoms with Crippen LogP contribution in [-0.2, 0) is 6.42 Å². The standard InChI is InChI=1S/C14H21ClFN3.HI/c1-3-8-18-14(17-4-2)19-9-7-11-5-6-12(16)10-13(11)15;/h5-6,10H,3-4,7-9H2,1-2H3,(H2,17,18,19);1H. The SMILES string of the molecule is CCCN=C(NCC)NCCc1ccc(F)cc1Cl.I. The fourth-order valence-corrected chi connectivity index (χ4v) is 1.87. The third-order valence-electron chi connectivity index (χ3n) is 2.54. The second-order valence-corrected chi connectivity index (χ2v) is 4.58. The van der Waals surface area contributed by atoms with E-state index < -0.39 is 0 Å². The third-order valence-corrected chi connectivity index (χ3v) is 2.89. The van der Waals surface area contributed by atoms with Gasteiger partial charge >= 0.3 is 0 Å². The molecule has 0 aliphatic heterocycles. The molecule has 0 unspecified atom stereocenters. The summed E-state index contributed by atoms with van der Waals surface area (Å²) >= 11 is 5.98. The highest BCUT2D eigenvalue weighted by atomic mass is 127. The van der Waals surface area contributed by atoms with Gasteiger partial charge in [-0.1, -0.05) is 24.6 Å². The minimum absolute atomic E-state index is 0.